The van der Waals surface area contributed by atoms with Gasteiger partial charge in [-0.25, -0.2) is 0 Å². The number of piperazine rings is 1. The van der Waals surface area contributed by atoms with E-state index >= 15 is 0 Å². The molecule has 0 aromatic rings. The summed E-state index contributed by atoms with van der Waals surface area (Å²) in [6.45, 7) is 6.52. The zero-order valence-electron chi connectivity index (χ0n) is 14.1. The van der Waals surface area contributed by atoms with Crippen LogP contribution in [-0.2, 0) is 4.79 Å². The first-order valence-electron chi connectivity index (χ1n) is 8.97. The van der Waals surface area contributed by atoms with Crippen molar-refractivity contribution in [2.45, 2.75) is 57.0 Å². The predicted molar refractivity (Wildman–Crippen MR) is 88.8 cm³/mol. The normalized spacial score (nSPS) is 23.4. The van der Waals surface area contributed by atoms with Gasteiger partial charge in [-0.2, -0.15) is 0 Å². The van der Waals surface area contributed by atoms with Gasteiger partial charge in [-0.05, 0) is 39.3 Å². The average molecular weight is 311 g/mol. The van der Waals surface area contributed by atoms with Gasteiger partial charge in [0.25, 0.3) is 0 Å². The van der Waals surface area contributed by atoms with Crippen LogP contribution in [-0.4, -0.2) is 72.7 Å². The number of hydrogen-bond acceptors (Lipinski definition) is 4. The van der Waals surface area contributed by atoms with Gasteiger partial charge >= 0.3 is 0 Å². The molecular weight excluding hydrogens is 278 g/mol. The van der Waals surface area contributed by atoms with Crippen molar-refractivity contribution in [2.75, 3.05) is 46.3 Å². The Kier molecular flexibility index (Phi) is 7.12. The van der Waals surface area contributed by atoms with Crippen molar-refractivity contribution in [2.24, 2.45) is 0 Å². The number of nitrogens with zero attached hydrogens (tertiary/aromatic N) is 2. The van der Waals surface area contributed by atoms with Crippen LogP contribution in [0.1, 0.15) is 51.4 Å². The lowest BCUT2D eigenvalue weighted by molar-refractivity contribution is -0.127. The molecule has 0 radical (unpaired) electrons. The summed E-state index contributed by atoms with van der Waals surface area (Å²) >= 11 is 0. The molecule has 0 atom stereocenters. The van der Waals surface area contributed by atoms with Crippen LogP contribution < -0.4 is 5.32 Å². The quantitative estimate of drug-likeness (QED) is 0.694. The van der Waals surface area contributed by atoms with Crippen LogP contribution >= 0.6 is 0 Å². The summed E-state index contributed by atoms with van der Waals surface area (Å²) in [4.78, 5) is 16.8. The highest BCUT2D eigenvalue weighted by molar-refractivity contribution is 5.76. The minimum atomic E-state index is -0.734. The van der Waals surface area contributed by atoms with Crippen molar-refractivity contribution in [3.63, 3.8) is 0 Å². The van der Waals surface area contributed by atoms with Gasteiger partial charge in [0, 0.05) is 32.7 Å². The molecule has 0 aromatic carbocycles. The smallest absolute Gasteiger partial charge is 0.222 e. The number of carbonyl (C=O) groups excluding carboxylic acids is 1. The fourth-order valence-corrected chi connectivity index (χ4v) is 3.51. The highest BCUT2D eigenvalue weighted by Gasteiger charge is 2.31. The van der Waals surface area contributed by atoms with Crippen molar-refractivity contribution < 1.29 is 9.90 Å². The monoisotopic (exact) mass is 311 g/mol. The van der Waals surface area contributed by atoms with Gasteiger partial charge < -0.3 is 20.2 Å². The average Bonchev–Trinajstić information content (AvgIpc) is 2.49. The zero-order chi connectivity index (χ0) is 15.8. The molecule has 128 valence electrons. The molecule has 1 amide bonds. The number of hydrogen-bond donors (Lipinski definition) is 2. The third kappa shape index (κ3) is 6.23. The van der Waals surface area contributed by atoms with E-state index in [2.05, 4.69) is 22.2 Å². The van der Waals surface area contributed by atoms with Crippen LogP contribution in [0.2, 0.25) is 0 Å². The number of amides is 1. The Morgan fingerprint density at radius 1 is 1.09 bits per heavy atom. The van der Waals surface area contributed by atoms with Gasteiger partial charge in [-0.1, -0.05) is 19.3 Å². The van der Waals surface area contributed by atoms with Crippen molar-refractivity contribution in [3.05, 3.63) is 0 Å². The second kappa shape index (κ2) is 8.85. The second-order valence-electron chi connectivity index (χ2n) is 7.16. The number of aliphatic hydroxyl groups is 1. The highest BCUT2D eigenvalue weighted by Crippen LogP contribution is 2.30. The van der Waals surface area contributed by atoms with Crippen molar-refractivity contribution >= 4 is 5.91 Å². The molecule has 5 heteroatoms. The van der Waals surface area contributed by atoms with Crippen LogP contribution in [0.25, 0.3) is 0 Å². The first-order valence-corrected chi connectivity index (χ1v) is 8.97. The molecule has 0 aromatic heterocycles. The Morgan fingerprint density at radius 2 is 1.77 bits per heavy atom. The van der Waals surface area contributed by atoms with Gasteiger partial charge in [0.1, 0.15) is 0 Å². The lowest BCUT2D eigenvalue weighted by Crippen LogP contribution is -2.44. The third-order valence-electron chi connectivity index (χ3n) is 5.09. The van der Waals surface area contributed by atoms with E-state index in [0.29, 0.717) is 0 Å². The summed E-state index contributed by atoms with van der Waals surface area (Å²) in [5.74, 6) is 0.0176. The van der Waals surface area contributed by atoms with Gasteiger partial charge in [-0.15, -0.1) is 0 Å². The standard InChI is InChI=1S/C17H33N3O2/c1-19-11-13-20(14-12-19)10-6-5-9-18-16(21)15-17(22)7-3-2-4-8-17/h22H,2-15H2,1H3,(H,18,21). The maximum Gasteiger partial charge on any atom is 0.222 e. The predicted octanol–water partition coefficient (Wildman–Crippen LogP) is 1.22. The van der Waals surface area contributed by atoms with Crippen molar-refractivity contribution in [1.29, 1.82) is 0 Å². The molecule has 2 N–H and O–H groups in total. The number of nitrogens with one attached hydrogen (secondary N) is 1. The molecule has 2 fully saturated rings. The summed E-state index contributed by atoms with van der Waals surface area (Å²) in [5, 5.41) is 13.3. The Labute approximate surface area is 135 Å². The number of unbranched alkanes of at least 4 members (excludes halogenated alkanes) is 1. The highest BCUT2D eigenvalue weighted by atomic mass is 16.3. The number of likely N-dealkylation sites (N-methyl/N-ethyl adjacent to an activating group) is 1. The minimum absolute atomic E-state index is 0.0176. The van der Waals surface area contributed by atoms with Gasteiger partial charge in [0.05, 0.1) is 12.0 Å². The molecule has 2 rings (SSSR count). The lowest BCUT2D eigenvalue weighted by Gasteiger charge is -2.32. The topological polar surface area (TPSA) is 55.8 Å². The molecule has 0 unspecified atom stereocenters. The zero-order valence-corrected chi connectivity index (χ0v) is 14.1. The van der Waals surface area contributed by atoms with E-state index in [0.717, 1.165) is 77.8 Å². The third-order valence-corrected chi connectivity index (χ3v) is 5.09. The van der Waals surface area contributed by atoms with E-state index in [1.165, 1.54) is 6.42 Å². The van der Waals surface area contributed by atoms with Crippen molar-refractivity contribution in [1.82, 2.24) is 15.1 Å². The molecule has 1 aliphatic carbocycles. The Bertz CT molecular complexity index is 335. The summed E-state index contributed by atoms with van der Waals surface area (Å²) in [6, 6.07) is 0. The Morgan fingerprint density at radius 3 is 2.45 bits per heavy atom. The molecule has 1 saturated heterocycles. The minimum Gasteiger partial charge on any atom is -0.389 e. The van der Waals surface area contributed by atoms with Crippen LogP contribution in [0.15, 0.2) is 0 Å². The summed E-state index contributed by atoms with van der Waals surface area (Å²) in [5.41, 5.74) is -0.734. The van der Waals surface area contributed by atoms with E-state index in [-0.39, 0.29) is 12.3 Å². The molecule has 1 heterocycles. The first-order chi connectivity index (χ1) is 10.6. The number of carbonyl (C=O) groups is 1. The van der Waals surface area contributed by atoms with Crippen LogP contribution in [0.5, 0.6) is 0 Å². The van der Waals surface area contributed by atoms with E-state index < -0.39 is 5.60 Å². The summed E-state index contributed by atoms with van der Waals surface area (Å²) in [7, 11) is 2.17. The lowest BCUT2D eigenvalue weighted by atomic mass is 9.82. The van der Waals surface area contributed by atoms with Crippen LogP contribution in [0.3, 0.4) is 0 Å². The van der Waals surface area contributed by atoms with Gasteiger partial charge in [0.15, 0.2) is 0 Å². The van der Waals surface area contributed by atoms with Crippen LogP contribution in [0, 0.1) is 0 Å². The number of rotatable bonds is 7. The maximum atomic E-state index is 11.9. The van der Waals surface area contributed by atoms with E-state index in [1.807, 2.05) is 0 Å². The SMILES string of the molecule is CN1CCN(CCCCNC(=O)CC2(O)CCCCC2)CC1. The Balaban J connectivity index is 1.50. The molecule has 2 aliphatic rings. The molecule has 5 nitrogen and oxygen atoms in total. The molecule has 0 bridgehead atoms. The largest absolute Gasteiger partial charge is 0.389 e. The molecular formula is C17H33N3O2. The second-order valence-corrected chi connectivity index (χ2v) is 7.16. The van der Waals surface area contributed by atoms with Crippen molar-refractivity contribution in [3.8, 4) is 0 Å². The molecule has 0 spiro atoms. The van der Waals surface area contributed by atoms with E-state index in [4.69, 9.17) is 0 Å². The van der Waals surface area contributed by atoms with Gasteiger partial charge in [-0.3, -0.25) is 4.79 Å². The van der Waals surface area contributed by atoms with E-state index in [1.54, 1.807) is 0 Å². The fourth-order valence-electron chi connectivity index (χ4n) is 3.51. The van der Waals surface area contributed by atoms with Gasteiger partial charge in [0.2, 0.25) is 5.91 Å². The Hall–Kier alpha value is -0.650. The molecule has 1 aliphatic heterocycles. The maximum absolute atomic E-state index is 11.9. The van der Waals surface area contributed by atoms with E-state index in [9.17, 15) is 9.90 Å². The van der Waals surface area contributed by atoms with Crippen LogP contribution in [0.4, 0.5) is 0 Å². The summed E-state index contributed by atoms with van der Waals surface area (Å²) in [6.07, 6.45) is 7.30. The molecule has 1 saturated carbocycles. The fraction of sp³-hybridized carbons (Fsp3) is 0.941. The first kappa shape index (κ1) is 17.7. The summed E-state index contributed by atoms with van der Waals surface area (Å²) < 4.78 is 0. The molecule has 22 heavy (non-hydrogen) atoms.